The zero-order valence-corrected chi connectivity index (χ0v) is 11.0. The summed E-state index contributed by atoms with van der Waals surface area (Å²) in [6, 6.07) is 8.62. The van der Waals surface area contributed by atoms with Crippen molar-refractivity contribution in [2.75, 3.05) is 18.4 Å². The molecule has 1 aliphatic heterocycles. The first kappa shape index (κ1) is 14.2. The van der Waals surface area contributed by atoms with Crippen molar-refractivity contribution >= 4 is 23.4 Å². The predicted molar refractivity (Wildman–Crippen MR) is 73.8 cm³/mol. The number of piperidine rings is 1. The molecule has 6 nitrogen and oxygen atoms in total. The highest BCUT2D eigenvalue weighted by molar-refractivity contribution is 6.41. The quantitative estimate of drug-likeness (QED) is 0.676. The Balaban J connectivity index is 1.84. The Morgan fingerprint density at radius 3 is 2.30 bits per heavy atom. The van der Waals surface area contributed by atoms with E-state index >= 15 is 0 Å². The van der Waals surface area contributed by atoms with Crippen molar-refractivity contribution in [1.82, 2.24) is 10.6 Å². The average molecular weight is 275 g/mol. The van der Waals surface area contributed by atoms with Crippen LogP contribution in [0.15, 0.2) is 30.3 Å². The van der Waals surface area contributed by atoms with Crippen LogP contribution in [-0.2, 0) is 14.4 Å². The second kappa shape index (κ2) is 6.81. The van der Waals surface area contributed by atoms with Gasteiger partial charge in [-0.15, -0.1) is 0 Å². The minimum atomic E-state index is -0.919. The number of para-hydroxylation sites is 1. The van der Waals surface area contributed by atoms with E-state index in [9.17, 15) is 14.4 Å². The van der Waals surface area contributed by atoms with Crippen LogP contribution < -0.4 is 16.0 Å². The van der Waals surface area contributed by atoms with Gasteiger partial charge in [0.2, 0.25) is 5.91 Å². The summed E-state index contributed by atoms with van der Waals surface area (Å²) >= 11 is 0. The number of benzene rings is 1. The van der Waals surface area contributed by atoms with Crippen molar-refractivity contribution in [3.8, 4) is 0 Å². The van der Waals surface area contributed by atoms with E-state index < -0.39 is 11.8 Å². The molecule has 20 heavy (non-hydrogen) atoms. The molecule has 0 bridgehead atoms. The molecule has 1 fully saturated rings. The smallest absolute Gasteiger partial charge is 0.316 e. The molecule has 1 aromatic rings. The maximum atomic E-state index is 11.8. The van der Waals surface area contributed by atoms with Crippen molar-refractivity contribution in [2.45, 2.75) is 12.8 Å². The Hall–Kier alpha value is -2.21. The minimum Gasteiger partial charge on any atom is -0.318 e. The van der Waals surface area contributed by atoms with Gasteiger partial charge < -0.3 is 10.6 Å². The van der Waals surface area contributed by atoms with E-state index in [1.807, 2.05) is 0 Å². The highest BCUT2D eigenvalue weighted by Crippen LogP contribution is 2.11. The Morgan fingerprint density at radius 1 is 1.00 bits per heavy atom. The van der Waals surface area contributed by atoms with E-state index in [-0.39, 0.29) is 11.8 Å². The van der Waals surface area contributed by atoms with Gasteiger partial charge in [-0.1, -0.05) is 18.2 Å². The van der Waals surface area contributed by atoms with Gasteiger partial charge >= 0.3 is 11.8 Å². The normalized spacial score (nSPS) is 15.4. The van der Waals surface area contributed by atoms with Crippen LogP contribution in [0.2, 0.25) is 0 Å². The first-order valence-electron chi connectivity index (χ1n) is 6.59. The van der Waals surface area contributed by atoms with Crippen LogP contribution in [0.1, 0.15) is 12.8 Å². The molecule has 3 amide bonds. The number of carbonyl (C=O) groups excluding carboxylic acids is 3. The summed E-state index contributed by atoms with van der Waals surface area (Å²) in [6.45, 7) is 1.50. The fourth-order valence-corrected chi connectivity index (χ4v) is 2.06. The number of rotatable bonds is 2. The van der Waals surface area contributed by atoms with Gasteiger partial charge in [0.1, 0.15) is 0 Å². The third-order valence-corrected chi connectivity index (χ3v) is 3.18. The lowest BCUT2D eigenvalue weighted by molar-refractivity contribution is -0.141. The first-order valence-corrected chi connectivity index (χ1v) is 6.59. The monoisotopic (exact) mass is 275 g/mol. The zero-order chi connectivity index (χ0) is 14.4. The summed E-state index contributed by atoms with van der Waals surface area (Å²) in [5.41, 5.74) is 0.516. The van der Waals surface area contributed by atoms with Crippen LogP contribution >= 0.6 is 0 Å². The van der Waals surface area contributed by atoms with E-state index in [4.69, 9.17) is 0 Å². The third-order valence-electron chi connectivity index (χ3n) is 3.18. The van der Waals surface area contributed by atoms with Crippen molar-refractivity contribution in [1.29, 1.82) is 0 Å². The van der Waals surface area contributed by atoms with Gasteiger partial charge in [0.05, 0.1) is 0 Å². The summed E-state index contributed by atoms with van der Waals surface area (Å²) in [4.78, 5) is 35.1. The van der Waals surface area contributed by atoms with E-state index in [2.05, 4.69) is 16.0 Å². The number of hydrogen-bond donors (Lipinski definition) is 3. The SMILES string of the molecule is O=C(NC(=O)C1CCNCC1)C(=O)Nc1ccccc1. The lowest BCUT2D eigenvalue weighted by atomic mass is 9.97. The van der Waals surface area contributed by atoms with Gasteiger partial charge in [0.25, 0.3) is 0 Å². The number of nitrogens with one attached hydrogen (secondary N) is 3. The van der Waals surface area contributed by atoms with Crippen molar-refractivity contribution in [2.24, 2.45) is 5.92 Å². The fourth-order valence-electron chi connectivity index (χ4n) is 2.06. The molecule has 6 heteroatoms. The summed E-state index contributed by atoms with van der Waals surface area (Å²) < 4.78 is 0. The molecular weight excluding hydrogens is 258 g/mol. The molecule has 1 heterocycles. The van der Waals surface area contributed by atoms with Gasteiger partial charge in [-0.3, -0.25) is 19.7 Å². The van der Waals surface area contributed by atoms with E-state index in [1.54, 1.807) is 30.3 Å². The molecule has 0 radical (unpaired) electrons. The Bertz CT molecular complexity index is 496. The molecule has 2 rings (SSSR count). The molecule has 1 aromatic carbocycles. The second-order valence-corrected chi connectivity index (χ2v) is 4.66. The number of carbonyl (C=O) groups is 3. The van der Waals surface area contributed by atoms with E-state index in [0.717, 1.165) is 13.1 Å². The highest BCUT2D eigenvalue weighted by Gasteiger charge is 2.24. The van der Waals surface area contributed by atoms with Crippen LogP contribution in [0, 0.1) is 5.92 Å². The molecule has 0 spiro atoms. The number of imide groups is 1. The largest absolute Gasteiger partial charge is 0.318 e. The van der Waals surface area contributed by atoms with Crippen molar-refractivity contribution in [3.05, 3.63) is 30.3 Å². The van der Waals surface area contributed by atoms with Gasteiger partial charge in [0.15, 0.2) is 0 Å². The van der Waals surface area contributed by atoms with Crippen LogP contribution in [0.25, 0.3) is 0 Å². The second-order valence-electron chi connectivity index (χ2n) is 4.66. The molecule has 0 atom stereocenters. The van der Waals surface area contributed by atoms with Gasteiger partial charge in [-0.2, -0.15) is 0 Å². The number of hydrogen-bond acceptors (Lipinski definition) is 4. The lowest BCUT2D eigenvalue weighted by Gasteiger charge is -2.21. The van der Waals surface area contributed by atoms with E-state index in [1.165, 1.54) is 0 Å². The fraction of sp³-hybridized carbons (Fsp3) is 0.357. The zero-order valence-electron chi connectivity index (χ0n) is 11.0. The van der Waals surface area contributed by atoms with Crippen molar-refractivity contribution in [3.63, 3.8) is 0 Å². The van der Waals surface area contributed by atoms with E-state index in [0.29, 0.717) is 18.5 Å². The molecule has 1 aliphatic rings. The van der Waals surface area contributed by atoms with Crippen LogP contribution in [0.5, 0.6) is 0 Å². The van der Waals surface area contributed by atoms with Crippen molar-refractivity contribution < 1.29 is 14.4 Å². The van der Waals surface area contributed by atoms with Crippen LogP contribution in [0.4, 0.5) is 5.69 Å². The maximum absolute atomic E-state index is 11.8. The average Bonchev–Trinajstić information content (AvgIpc) is 2.49. The number of anilines is 1. The molecule has 0 saturated carbocycles. The first-order chi connectivity index (χ1) is 9.66. The molecule has 0 unspecified atom stereocenters. The van der Waals surface area contributed by atoms with Crippen LogP contribution in [0.3, 0.4) is 0 Å². The highest BCUT2D eigenvalue weighted by atomic mass is 16.2. The Kier molecular flexibility index (Phi) is 4.84. The summed E-state index contributed by atoms with van der Waals surface area (Å²) in [7, 11) is 0. The molecule has 0 aromatic heterocycles. The Morgan fingerprint density at radius 2 is 1.65 bits per heavy atom. The molecule has 0 aliphatic carbocycles. The predicted octanol–water partition coefficient (Wildman–Crippen LogP) is 0.267. The lowest BCUT2D eigenvalue weighted by Crippen LogP contribution is -2.44. The summed E-state index contributed by atoms with van der Waals surface area (Å²) in [5.74, 6) is -2.33. The van der Waals surface area contributed by atoms with Crippen LogP contribution in [-0.4, -0.2) is 30.8 Å². The Labute approximate surface area is 116 Å². The standard InChI is InChI=1S/C14H17N3O3/c18-12(10-6-8-15-9-7-10)17-14(20)13(19)16-11-4-2-1-3-5-11/h1-5,10,15H,6-9H2,(H,16,19)(H,17,18,20). The third kappa shape index (κ3) is 3.89. The summed E-state index contributed by atoms with van der Waals surface area (Å²) in [6.07, 6.45) is 1.36. The van der Waals surface area contributed by atoms with Gasteiger partial charge in [-0.05, 0) is 38.1 Å². The topological polar surface area (TPSA) is 87.3 Å². The summed E-state index contributed by atoms with van der Waals surface area (Å²) in [5, 5.41) is 7.72. The number of amides is 3. The molecule has 106 valence electrons. The molecular formula is C14H17N3O3. The molecule has 1 saturated heterocycles. The van der Waals surface area contributed by atoms with Gasteiger partial charge in [0, 0.05) is 11.6 Å². The minimum absolute atomic E-state index is 0.204. The molecule has 3 N–H and O–H groups in total. The van der Waals surface area contributed by atoms with Gasteiger partial charge in [-0.25, -0.2) is 0 Å². The maximum Gasteiger partial charge on any atom is 0.316 e.